The van der Waals surface area contributed by atoms with Crippen molar-refractivity contribution in [2.75, 3.05) is 5.32 Å². The standard InChI is InChI=1S/C14H12Cl2N4OS/c1-7(2)20-9(5-6-17-20)13(21)19-14-18-12-10(22-14)4-3-8(15)11(12)16/h3-7H,1-2H3,(H,18,19,21). The molecule has 0 aliphatic carbocycles. The highest BCUT2D eigenvalue weighted by Gasteiger charge is 2.17. The molecule has 0 atom stereocenters. The van der Waals surface area contributed by atoms with Crippen molar-refractivity contribution < 1.29 is 4.79 Å². The molecule has 3 rings (SSSR count). The Bertz CT molecular complexity index is 856. The lowest BCUT2D eigenvalue weighted by atomic mass is 10.3. The summed E-state index contributed by atoms with van der Waals surface area (Å²) in [6, 6.07) is 5.31. The minimum absolute atomic E-state index is 0.0966. The van der Waals surface area contributed by atoms with E-state index >= 15 is 0 Å². The van der Waals surface area contributed by atoms with Gasteiger partial charge >= 0.3 is 0 Å². The number of carbonyl (C=O) groups is 1. The average Bonchev–Trinajstić information content (AvgIpc) is 3.09. The normalized spacial score (nSPS) is 11.3. The van der Waals surface area contributed by atoms with Gasteiger partial charge in [-0.2, -0.15) is 5.10 Å². The molecule has 0 saturated carbocycles. The van der Waals surface area contributed by atoms with E-state index < -0.39 is 0 Å². The number of thiazole rings is 1. The fourth-order valence-corrected chi connectivity index (χ4v) is 3.34. The highest BCUT2D eigenvalue weighted by molar-refractivity contribution is 7.22. The Balaban J connectivity index is 1.91. The van der Waals surface area contributed by atoms with Gasteiger partial charge in [-0.05, 0) is 32.0 Å². The number of rotatable bonds is 3. The molecule has 1 amide bonds. The summed E-state index contributed by atoms with van der Waals surface area (Å²) in [6.07, 6.45) is 1.60. The zero-order valence-corrected chi connectivity index (χ0v) is 14.1. The minimum atomic E-state index is -0.257. The van der Waals surface area contributed by atoms with E-state index in [0.717, 1.165) is 4.70 Å². The summed E-state index contributed by atoms with van der Waals surface area (Å²) >= 11 is 13.4. The number of hydrogen-bond acceptors (Lipinski definition) is 4. The fraction of sp³-hybridized carbons (Fsp3) is 0.214. The van der Waals surface area contributed by atoms with E-state index in [1.807, 2.05) is 19.9 Å². The summed E-state index contributed by atoms with van der Waals surface area (Å²) < 4.78 is 2.52. The van der Waals surface area contributed by atoms with Gasteiger partial charge in [0.1, 0.15) is 11.2 Å². The topological polar surface area (TPSA) is 59.8 Å². The van der Waals surface area contributed by atoms with Crippen LogP contribution in [-0.2, 0) is 0 Å². The number of benzene rings is 1. The predicted octanol–water partition coefficient (Wildman–Crippen LogP) is 4.63. The lowest BCUT2D eigenvalue weighted by Gasteiger charge is -2.09. The van der Waals surface area contributed by atoms with Crippen molar-refractivity contribution in [1.29, 1.82) is 0 Å². The number of amides is 1. The van der Waals surface area contributed by atoms with Crippen LogP contribution in [0.25, 0.3) is 10.2 Å². The first-order chi connectivity index (χ1) is 10.5. The number of aromatic nitrogens is 3. The second kappa shape index (κ2) is 5.87. The third kappa shape index (κ3) is 2.69. The van der Waals surface area contributed by atoms with Gasteiger partial charge in [0.15, 0.2) is 5.13 Å². The highest BCUT2D eigenvalue weighted by atomic mass is 35.5. The maximum absolute atomic E-state index is 12.4. The van der Waals surface area contributed by atoms with Crippen molar-refractivity contribution in [3.8, 4) is 0 Å². The largest absolute Gasteiger partial charge is 0.296 e. The van der Waals surface area contributed by atoms with Crippen molar-refractivity contribution in [2.45, 2.75) is 19.9 Å². The van der Waals surface area contributed by atoms with E-state index in [1.54, 1.807) is 23.0 Å². The van der Waals surface area contributed by atoms with E-state index in [9.17, 15) is 4.79 Å². The molecule has 0 spiro atoms. The smallest absolute Gasteiger partial charge is 0.275 e. The average molecular weight is 355 g/mol. The summed E-state index contributed by atoms with van der Waals surface area (Å²) in [5.41, 5.74) is 1.07. The molecule has 0 fully saturated rings. The van der Waals surface area contributed by atoms with Gasteiger partial charge < -0.3 is 0 Å². The number of nitrogens with zero attached hydrogens (tertiary/aromatic N) is 3. The van der Waals surface area contributed by atoms with Crippen molar-refractivity contribution >= 4 is 55.8 Å². The Morgan fingerprint density at radius 1 is 1.32 bits per heavy atom. The van der Waals surface area contributed by atoms with Crippen LogP contribution >= 0.6 is 34.5 Å². The molecule has 0 unspecified atom stereocenters. The Kier molecular flexibility index (Phi) is 4.08. The molecule has 22 heavy (non-hydrogen) atoms. The van der Waals surface area contributed by atoms with Crippen LogP contribution in [0.4, 0.5) is 5.13 Å². The molecule has 1 aromatic carbocycles. The van der Waals surface area contributed by atoms with Gasteiger partial charge in [0.25, 0.3) is 5.91 Å². The molecular weight excluding hydrogens is 343 g/mol. The van der Waals surface area contributed by atoms with Gasteiger partial charge in [0.2, 0.25) is 0 Å². The summed E-state index contributed by atoms with van der Waals surface area (Å²) in [4.78, 5) is 16.7. The number of nitrogens with one attached hydrogen (secondary N) is 1. The van der Waals surface area contributed by atoms with Crippen molar-refractivity contribution in [2.24, 2.45) is 0 Å². The first-order valence-corrected chi connectivity index (χ1v) is 8.14. The molecule has 3 aromatic rings. The van der Waals surface area contributed by atoms with Crippen molar-refractivity contribution in [1.82, 2.24) is 14.8 Å². The number of fused-ring (bicyclic) bond motifs is 1. The maximum Gasteiger partial charge on any atom is 0.275 e. The third-order valence-electron chi connectivity index (χ3n) is 3.06. The number of carbonyl (C=O) groups excluding carboxylic acids is 1. The Labute approximate surface area is 140 Å². The molecule has 0 bridgehead atoms. The first-order valence-electron chi connectivity index (χ1n) is 6.56. The second-order valence-electron chi connectivity index (χ2n) is 4.94. The molecule has 0 aliphatic rings. The summed E-state index contributed by atoms with van der Waals surface area (Å²) in [6.45, 7) is 3.92. The third-order valence-corrected chi connectivity index (χ3v) is 4.79. The predicted molar refractivity (Wildman–Crippen MR) is 90.2 cm³/mol. The van der Waals surface area contributed by atoms with Gasteiger partial charge in [-0.15, -0.1) is 0 Å². The van der Waals surface area contributed by atoms with Gasteiger partial charge in [0, 0.05) is 12.2 Å². The Hall–Kier alpha value is -1.63. The molecule has 114 valence electrons. The van der Waals surface area contributed by atoms with Crippen molar-refractivity contribution in [3.63, 3.8) is 0 Å². The van der Waals surface area contributed by atoms with Crippen molar-refractivity contribution in [3.05, 3.63) is 40.1 Å². The molecular formula is C14H12Cl2N4OS. The fourth-order valence-electron chi connectivity index (χ4n) is 2.06. The molecule has 8 heteroatoms. The molecule has 0 radical (unpaired) electrons. The van der Waals surface area contributed by atoms with Gasteiger partial charge in [-0.1, -0.05) is 34.5 Å². The molecule has 5 nitrogen and oxygen atoms in total. The van der Waals surface area contributed by atoms with Crippen LogP contribution in [0.5, 0.6) is 0 Å². The van der Waals surface area contributed by atoms with Crippen LogP contribution in [0, 0.1) is 0 Å². The summed E-state index contributed by atoms with van der Waals surface area (Å²) in [5.74, 6) is -0.257. The van der Waals surface area contributed by atoms with Crippen LogP contribution in [0.15, 0.2) is 24.4 Å². The molecule has 0 aliphatic heterocycles. The maximum atomic E-state index is 12.4. The Morgan fingerprint density at radius 2 is 2.09 bits per heavy atom. The number of anilines is 1. The van der Waals surface area contributed by atoms with Gasteiger partial charge in [-0.3, -0.25) is 14.8 Å². The van der Waals surface area contributed by atoms with E-state index in [4.69, 9.17) is 23.2 Å². The second-order valence-corrected chi connectivity index (χ2v) is 6.75. The lowest BCUT2D eigenvalue weighted by Crippen LogP contribution is -2.18. The monoisotopic (exact) mass is 354 g/mol. The molecule has 2 aromatic heterocycles. The zero-order chi connectivity index (χ0) is 15.9. The molecule has 2 heterocycles. The van der Waals surface area contributed by atoms with Crippen LogP contribution in [0.2, 0.25) is 10.0 Å². The zero-order valence-electron chi connectivity index (χ0n) is 11.8. The van der Waals surface area contributed by atoms with Gasteiger partial charge in [0.05, 0.1) is 14.7 Å². The van der Waals surface area contributed by atoms with Crippen LogP contribution in [0.1, 0.15) is 30.4 Å². The quantitative estimate of drug-likeness (QED) is 0.745. The van der Waals surface area contributed by atoms with E-state index in [-0.39, 0.29) is 11.9 Å². The van der Waals surface area contributed by atoms with Gasteiger partial charge in [-0.25, -0.2) is 4.98 Å². The van der Waals surface area contributed by atoms with E-state index in [1.165, 1.54) is 11.3 Å². The van der Waals surface area contributed by atoms with Crippen LogP contribution in [-0.4, -0.2) is 20.7 Å². The first kappa shape index (κ1) is 15.3. The van der Waals surface area contributed by atoms with Crippen LogP contribution < -0.4 is 5.32 Å². The summed E-state index contributed by atoms with van der Waals surface area (Å²) in [7, 11) is 0. The highest BCUT2D eigenvalue weighted by Crippen LogP contribution is 2.35. The minimum Gasteiger partial charge on any atom is -0.296 e. The van der Waals surface area contributed by atoms with E-state index in [2.05, 4.69) is 15.4 Å². The molecule has 0 saturated heterocycles. The van der Waals surface area contributed by atoms with Crippen LogP contribution in [0.3, 0.4) is 0 Å². The summed E-state index contributed by atoms with van der Waals surface area (Å²) in [5, 5.41) is 8.23. The van der Waals surface area contributed by atoms with E-state index in [0.29, 0.717) is 26.4 Å². The Morgan fingerprint density at radius 3 is 2.82 bits per heavy atom. The number of halogens is 2. The molecule has 1 N–H and O–H groups in total. The lowest BCUT2D eigenvalue weighted by molar-refractivity contribution is 0.101. The SMILES string of the molecule is CC(C)n1nccc1C(=O)Nc1nc2c(Cl)c(Cl)ccc2s1. The number of hydrogen-bond donors (Lipinski definition) is 1.